The Morgan fingerprint density at radius 2 is 2.50 bits per heavy atom. The first-order chi connectivity index (χ1) is 3.70. The molecule has 0 amide bonds. The van der Waals surface area contributed by atoms with Gasteiger partial charge in [-0.15, -0.1) is 0 Å². The fourth-order valence-electron chi connectivity index (χ4n) is 0.684. The molecule has 1 aliphatic rings. The number of Topliss-reactive ketones (excluding diaryl/α,β-unsaturated/α-hetero) is 1. The van der Waals surface area contributed by atoms with Crippen LogP contribution in [0.15, 0.2) is 0 Å². The first kappa shape index (κ1) is 5.69. The lowest BCUT2D eigenvalue weighted by atomic mass is 10.2. The molecule has 0 radical (unpaired) electrons. The fourth-order valence-corrected chi connectivity index (χ4v) is 1.00. The molecule has 1 fully saturated rings. The Labute approximate surface area is 53.3 Å². The van der Waals surface area contributed by atoms with Crippen molar-refractivity contribution >= 4 is 23.0 Å². The topological polar surface area (TPSA) is 29.1 Å². The van der Waals surface area contributed by atoms with Gasteiger partial charge >= 0.3 is 0 Å². The van der Waals surface area contributed by atoms with Gasteiger partial charge in [-0.2, -0.15) is 0 Å². The summed E-state index contributed by atoms with van der Waals surface area (Å²) in [5, 5.41) is 2.85. The van der Waals surface area contributed by atoms with Crippen LogP contribution in [0.25, 0.3) is 0 Å². The Hall–Kier alpha value is -0.440. The highest BCUT2D eigenvalue weighted by molar-refractivity contribution is 7.80. The van der Waals surface area contributed by atoms with E-state index in [0.29, 0.717) is 11.4 Å². The second-order valence-electron chi connectivity index (χ2n) is 1.93. The van der Waals surface area contributed by atoms with E-state index in [-0.39, 0.29) is 11.8 Å². The van der Waals surface area contributed by atoms with E-state index >= 15 is 0 Å². The molecule has 1 aliphatic heterocycles. The summed E-state index contributed by atoms with van der Waals surface area (Å²) in [5.41, 5.74) is 0. The highest BCUT2D eigenvalue weighted by Gasteiger charge is 2.22. The summed E-state index contributed by atoms with van der Waals surface area (Å²) in [6.07, 6.45) is 0.441. The van der Waals surface area contributed by atoms with Crippen LogP contribution in [0.5, 0.6) is 0 Å². The van der Waals surface area contributed by atoms with E-state index in [2.05, 4.69) is 5.32 Å². The van der Waals surface area contributed by atoms with Crippen molar-refractivity contribution in [1.29, 1.82) is 0 Å². The summed E-state index contributed by atoms with van der Waals surface area (Å²) >= 11 is 4.74. The molecular formula is C5H7NOS. The van der Waals surface area contributed by atoms with Crippen LogP contribution in [-0.4, -0.2) is 16.8 Å². The van der Waals surface area contributed by atoms with Gasteiger partial charge in [-0.05, 0) is 6.92 Å². The molecule has 1 rings (SSSR count). The van der Waals surface area contributed by atoms with Crippen LogP contribution in [0.3, 0.4) is 0 Å². The SMILES string of the molecule is CC1NC(=S)CC1=O. The molecule has 1 unspecified atom stereocenters. The van der Waals surface area contributed by atoms with Crippen molar-refractivity contribution in [2.24, 2.45) is 0 Å². The molecule has 1 N–H and O–H groups in total. The summed E-state index contributed by atoms with van der Waals surface area (Å²) in [4.78, 5) is 11.3. The van der Waals surface area contributed by atoms with Crippen LogP contribution < -0.4 is 5.32 Å². The zero-order valence-corrected chi connectivity index (χ0v) is 5.42. The van der Waals surface area contributed by atoms with Gasteiger partial charge in [-0.1, -0.05) is 12.2 Å². The van der Waals surface area contributed by atoms with Gasteiger partial charge in [-0.25, -0.2) is 0 Å². The standard InChI is InChI=1S/C5H7NOS/c1-3-4(7)2-5(8)6-3/h3H,2H2,1H3,(H,6,8). The average molecular weight is 129 g/mol. The number of ketones is 1. The third-order valence-corrected chi connectivity index (χ3v) is 1.46. The maximum absolute atomic E-state index is 10.6. The van der Waals surface area contributed by atoms with Gasteiger partial charge in [0.25, 0.3) is 0 Å². The molecule has 0 aromatic heterocycles. The molecule has 1 atom stereocenters. The highest BCUT2D eigenvalue weighted by Crippen LogP contribution is 2.01. The van der Waals surface area contributed by atoms with Gasteiger partial charge < -0.3 is 5.32 Å². The van der Waals surface area contributed by atoms with Crippen LogP contribution in [0.2, 0.25) is 0 Å². The first-order valence-electron chi connectivity index (χ1n) is 2.52. The van der Waals surface area contributed by atoms with Crippen LogP contribution >= 0.6 is 12.2 Å². The third kappa shape index (κ3) is 0.865. The zero-order chi connectivity index (χ0) is 6.15. The average Bonchev–Trinajstić information content (AvgIpc) is 1.85. The highest BCUT2D eigenvalue weighted by atomic mass is 32.1. The van der Waals surface area contributed by atoms with Gasteiger partial charge in [0.15, 0.2) is 5.78 Å². The number of carbonyl (C=O) groups is 1. The van der Waals surface area contributed by atoms with Crippen LogP contribution in [0.1, 0.15) is 13.3 Å². The molecule has 1 heterocycles. The van der Waals surface area contributed by atoms with Gasteiger partial charge in [0.1, 0.15) is 0 Å². The molecule has 44 valence electrons. The van der Waals surface area contributed by atoms with Gasteiger partial charge in [0, 0.05) is 0 Å². The van der Waals surface area contributed by atoms with Gasteiger partial charge in [0.2, 0.25) is 0 Å². The quantitative estimate of drug-likeness (QED) is 0.476. The fraction of sp³-hybridized carbons (Fsp3) is 0.600. The number of hydrogen-bond donors (Lipinski definition) is 1. The van der Waals surface area contributed by atoms with E-state index in [4.69, 9.17) is 12.2 Å². The molecule has 0 aromatic carbocycles. The normalized spacial score (nSPS) is 28.4. The van der Waals surface area contributed by atoms with Crippen molar-refractivity contribution in [2.75, 3.05) is 0 Å². The van der Waals surface area contributed by atoms with Crippen LogP contribution in [0.4, 0.5) is 0 Å². The summed E-state index contributed by atoms with van der Waals surface area (Å²) in [5.74, 6) is 0.204. The maximum atomic E-state index is 10.6. The van der Waals surface area contributed by atoms with Crippen LogP contribution in [-0.2, 0) is 4.79 Å². The number of hydrogen-bond acceptors (Lipinski definition) is 2. The van der Waals surface area contributed by atoms with E-state index in [1.165, 1.54) is 0 Å². The van der Waals surface area contributed by atoms with Crippen molar-refractivity contribution in [3.8, 4) is 0 Å². The molecule has 3 heteroatoms. The molecular weight excluding hydrogens is 122 g/mol. The number of thiocarbonyl (C=S) groups is 1. The number of nitrogens with one attached hydrogen (secondary N) is 1. The van der Waals surface area contributed by atoms with Crippen LogP contribution in [0, 0.1) is 0 Å². The Kier molecular flexibility index (Phi) is 1.29. The van der Waals surface area contributed by atoms with E-state index in [1.807, 2.05) is 6.92 Å². The third-order valence-electron chi connectivity index (χ3n) is 1.20. The van der Waals surface area contributed by atoms with E-state index < -0.39 is 0 Å². The lowest BCUT2D eigenvalue weighted by Gasteiger charge is -1.96. The monoisotopic (exact) mass is 129 g/mol. The predicted octanol–water partition coefficient (Wildman–Crippen LogP) is 0.265. The van der Waals surface area contributed by atoms with Crippen molar-refractivity contribution in [2.45, 2.75) is 19.4 Å². The van der Waals surface area contributed by atoms with Crippen molar-refractivity contribution in [3.05, 3.63) is 0 Å². The molecule has 0 spiro atoms. The van der Waals surface area contributed by atoms with Crippen molar-refractivity contribution < 1.29 is 4.79 Å². The Balaban J connectivity index is 2.64. The molecule has 0 bridgehead atoms. The van der Waals surface area contributed by atoms with E-state index in [0.717, 1.165) is 0 Å². The second-order valence-corrected chi connectivity index (χ2v) is 2.43. The Bertz CT molecular complexity index is 143. The lowest BCUT2D eigenvalue weighted by molar-refractivity contribution is -0.118. The Morgan fingerprint density at radius 3 is 2.62 bits per heavy atom. The number of carbonyl (C=O) groups excluding carboxylic acids is 1. The molecule has 1 saturated heterocycles. The maximum Gasteiger partial charge on any atom is 0.161 e. The van der Waals surface area contributed by atoms with Crippen molar-refractivity contribution in [3.63, 3.8) is 0 Å². The summed E-state index contributed by atoms with van der Waals surface area (Å²) in [6.45, 7) is 1.82. The van der Waals surface area contributed by atoms with Crippen molar-refractivity contribution in [1.82, 2.24) is 5.32 Å². The molecule has 8 heavy (non-hydrogen) atoms. The Morgan fingerprint density at radius 1 is 1.88 bits per heavy atom. The minimum absolute atomic E-state index is 0.0394. The molecule has 0 aromatic rings. The lowest BCUT2D eigenvalue weighted by Crippen LogP contribution is -2.24. The largest absolute Gasteiger partial charge is 0.370 e. The summed E-state index contributed by atoms with van der Waals surface area (Å²) < 4.78 is 0. The summed E-state index contributed by atoms with van der Waals surface area (Å²) in [6, 6.07) is -0.0394. The van der Waals surface area contributed by atoms with Gasteiger partial charge in [-0.3, -0.25) is 4.79 Å². The van der Waals surface area contributed by atoms with E-state index in [9.17, 15) is 4.79 Å². The molecule has 2 nitrogen and oxygen atoms in total. The van der Waals surface area contributed by atoms with E-state index in [1.54, 1.807) is 0 Å². The molecule has 0 aliphatic carbocycles. The smallest absolute Gasteiger partial charge is 0.161 e. The number of rotatable bonds is 0. The molecule has 0 saturated carbocycles. The summed E-state index contributed by atoms with van der Waals surface area (Å²) in [7, 11) is 0. The minimum atomic E-state index is -0.0394. The predicted molar refractivity (Wildman–Crippen MR) is 34.8 cm³/mol. The second kappa shape index (κ2) is 1.82. The zero-order valence-electron chi connectivity index (χ0n) is 4.60. The van der Waals surface area contributed by atoms with Gasteiger partial charge in [0.05, 0.1) is 17.5 Å². The first-order valence-corrected chi connectivity index (χ1v) is 2.93. The minimum Gasteiger partial charge on any atom is -0.370 e.